The minimum Gasteiger partial charge on any atom is -0.467 e. The van der Waals surface area contributed by atoms with Gasteiger partial charge in [0.1, 0.15) is 17.2 Å². The largest absolute Gasteiger partial charge is 0.467 e. The van der Waals surface area contributed by atoms with Gasteiger partial charge in [-0.2, -0.15) is 0 Å². The minimum absolute atomic E-state index is 0.0955. The van der Waals surface area contributed by atoms with Gasteiger partial charge in [-0.15, -0.1) is 11.3 Å². The van der Waals surface area contributed by atoms with E-state index in [9.17, 15) is 19.2 Å². The fraction of sp³-hybridized carbons (Fsp3) is 0.158. The van der Waals surface area contributed by atoms with Gasteiger partial charge in [0.15, 0.2) is 6.61 Å². The average Bonchev–Trinajstić information content (AvgIpc) is 3.37. The van der Waals surface area contributed by atoms with Gasteiger partial charge in [0.25, 0.3) is 11.8 Å². The first kappa shape index (κ1) is 21.3. The molecule has 0 atom stereocenters. The van der Waals surface area contributed by atoms with Crippen molar-refractivity contribution in [1.29, 1.82) is 0 Å². The van der Waals surface area contributed by atoms with Crippen molar-refractivity contribution < 1.29 is 28.3 Å². The van der Waals surface area contributed by atoms with Crippen LogP contribution in [0.3, 0.4) is 0 Å². The topological polar surface area (TPSA) is 127 Å². The van der Waals surface area contributed by atoms with Crippen LogP contribution in [0.25, 0.3) is 10.1 Å². The highest BCUT2D eigenvalue weighted by Crippen LogP contribution is 2.34. The predicted octanol–water partition coefficient (Wildman–Crippen LogP) is 2.45. The first-order chi connectivity index (χ1) is 14.4. The Morgan fingerprint density at radius 2 is 1.87 bits per heavy atom. The molecule has 0 saturated carbocycles. The van der Waals surface area contributed by atoms with E-state index >= 15 is 0 Å². The zero-order valence-electron chi connectivity index (χ0n) is 15.4. The van der Waals surface area contributed by atoms with Gasteiger partial charge in [-0.25, -0.2) is 4.79 Å². The zero-order chi connectivity index (χ0) is 21.5. The van der Waals surface area contributed by atoms with Crippen LogP contribution in [0.4, 0.5) is 4.79 Å². The number of amides is 4. The summed E-state index contributed by atoms with van der Waals surface area (Å²) in [6.45, 7) is -1.04. The van der Waals surface area contributed by atoms with E-state index in [1.807, 2.05) is 23.5 Å². The molecule has 0 bridgehead atoms. The second kappa shape index (κ2) is 9.90. The van der Waals surface area contributed by atoms with Crippen molar-refractivity contribution in [2.45, 2.75) is 6.54 Å². The molecule has 1 aromatic carbocycles. The molecule has 0 spiro atoms. The van der Waals surface area contributed by atoms with Crippen molar-refractivity contribution in [1.82, 2.24) is 16.0 Å². The van der Waals surface area contributed by atoms with Crippen LogP contribution in [0.15, 0.2) is 47.1 Å². The molecule has 3 rings (SSSR count). The van der Waals surface area contributed by atoms with E-state index in [0.29, 0.717) is 10.8 Å². The highest BCUT2D eigenvalue weighted by Gasteiger charge is 2.18. The predicted molar refractivity (Wildman–Crippen MR) is 109 cm³/mol. The van der Waals surface area contributed by atoms with Crippen molar-refractivity contribution >= 4 is 56.8 Å². The van der Waals surface area contributed by atoms with Crippen molar-refractivity contribution in [3.63, 3.8) is 0 Å². The Kier molecular flexibility index (Phi) is 7.04. The normalized spacial score (nSPS) is 10.4. The Labute approximate surface area is 179 Å². The maximum Gasteiger partial charge on any atom is 0.325 e. The van der Waals surface area contributed by atoms with E-state index in [1.54, 1.807) is 18.2 Å². The number of ether oxygens (including phenoxy) is 1. The lowest BCUT2D eigenvalue weighted by Crippen LogP contribution is -2.41. The molecule has 9 nitrogen and oxygen atoms in total. The molecule has 11 heteroatoms. The lowest BCUT2D eigenvalue weighted by Gasteiger charge is -2.07. The number of furan rings is 1. The van der Waals surface area contributed by atoms with E-state index in [0.717, 1.165) is 10.1 Å². The third-order valence-corrected chi connectivity index (χ3v) is 5.43. The molecule has 0 saturated heterocycles. The maximum absolute atomic E-state index is 12.3. The molecule has 2 heterocycles. The van der Waals surface area contributed by atoms with Gasteiger partial charge in [0.05, 0.1) is 17.8 Å². The van der Waals surface area contributed by atoms with Crippen LogP contribution < -0.4 is 16.0 Å². The first-order valence-electron chi connectivity index (χ1n) is 8.65. The number of fused-ring (bicyclic) bond motifs is 1. The molecular weight excluding hydrogens is 434 g/mol. The van der Waals surface area contributed by atoms with Gasteiger partial charge < -0.3 is 19.8 Å². The van der Waals surface area contributed by atoms with Gasteiger partial charge in [0.2, 0.25) is 0 Å². The number of urea groups is 1. The number of carbonyl (C=O) groups excluding carboxylic acids is 4. The van der Waals surface area contributed by atoms with Crippen LogP contribution in [0.5, 0.6) is 0 Å². The number of esters is 1. The molecule has 30 heavy (non-hydrogen) atoms. The van der Waals surface area contributed by atoms with Crippen LogP contribution in [0.1, 0.15) is 15.4 Å². The number of thiophene rings is 1. The van der Waals surface area contributed by atoms with Gasteiger partial charge in [-0.3, -0.25) is 19.7 Å². The lowest BCUT2D eigenvalue weighted by molar-refractivity contribution is -0.147. The number of halogens is 1. The number of benzene rings is 1. The molecule has 2 aromatic heterocycles. The average molecular weight is 450 g/mol. The molecule has 3 N–H and O–H groups in total. The molecular formula is C19H16ClN3O6S. The molecule has 0 aliphatic carbocycles. The standard InChI is InChI=1S/C19H16ClN3O6S/c20-16-12-5-1-2-6-13(12)30-17(16)18(26)21-9-15(25)29-10-14(24)23-19(27)22-8-11-4-3-7-28-11/h1-7H,8-10H2,(H,21,26)(H2,22,23,24,27). The minimum atomic E-state index is -0.841. The van der Waals surface area contributed by atoms with Crippen molar-refractivity contribution in [3.8, 4) is 0 Å². The highest BCUT2D eigenvalue weighted by molar-refractivity contribution is 7.21. The van der Waals surface area contributed by atoms with Gasteiger partial charge >= 0.3 is 12.0 Å². The summed E-state index contributed by atoms with van der Waals surface area (Å²) in [7, 11) is 0. The van der Waals surface area contributed by atoms with Crippen LogP contribution in [-0.2, 0) is 20.9 Å². The summed E-state index contributed by atoms with van der Waals surface area (Å²) < 4.78 is 10.6. The van der Waals surface area contributed by atoms with Crippen molar-refractivity contribution in [2.24, 2.45) is 0 Å². The monoisotopic (exact) mass is 449 g/mol. The van der Waals surface area contributed by atoms with E-state index in [-0.39, 0.29) is 11.4 Å². The molecule has 0 unspecified atom stereocenters. The summed E-state index contributed by atoms with van der Waals surface area (Å²) in [6, 6.07) is 9.82. The second-order valence-corrected chi connectivity index (χ2v) is 7.33. The molecule has 3 aromatic rings. The Morgan fingerprint density at radius 3 is 2.60 bits per heavy atom. The quantitative estimate of drug-likeness (QED) is 0.475. The number of nitrogens with one attached hydrogen (secondary N) is 3. The fourth-order valence-electron chi connectivity index (χ4n) is 2.38. The Hall–Kier alpha value is -3.37. The van der Waals surface area contributed by atoms with Crippen molar-refractivity contribution in [2.75, 3.05) is 13.2 Å². The van der Waals surface area contributed by atoms with E-state index in [1.165, 1.54) is 17.6 Å². The lowest BCUT2D eigenvalue weighted by atomic mass is 10.2. The SMILES string of the molecule is O=C(COC(=O)CNC(=O)c1sc2ccccc2c1Cl)NC(=O)NCc1ccco1. The molecule has 0 aliphatic heterocycles. The van der Waals surface area contributed by atoms with Gasteiger partial charge in [0, 0.05) is 10.1 Å². The number of hydrogen-bond acceptors (Lipinski definition) is 7. The Morgan fingerprint density at radius 1 is 1.07 bits per heavy atom. The summed E-state index contributed by atoms with van der Waals surface area (Å²) in [6.07, 6.45) is 1.45. The summed E-state index contributed by atoms with van der Waals surface area (Å²) in [5, 5.41) is 7.85. The van der Waals surface area contributed by atoms with Crippen molar-refractivity contribution in [3.05, 3.63) is 58.3 Å². The molecule has 4 amide bonds. The van der Waals surface area contributed by atoms with E-state index in [4.69, 9.17) is 20.8 Å². The molecule has 0 fully saturated rings. The van der Waals surface area contributed by atoms with Crippen LogP contribution in [-0.4, -0.2) is 37.0 Å². The van der Waals surface area contributed by atoms with E-state index < -0.39 is 37.0 Å². The first-order valence-corrected chi connectivity index (χ1v) is 9.84. The molecule has 0 aliphatic rings. The van der Waals surface area contributed by atoms with Crippen LogP contribution in [0.2, 0.25) is 5.02 Å². The smallest absolute Gasteiger partial charge is 0.325 e. The zero-order valence-corrected chi connectivity index (χ0v) is 17.0. The van der Waals surface area contributed by atoms with Crippen LogP contribution >= 0.6 is 22.9 Å². The number of rotatable bonds is 7. The third kappa shape index (κ3) is 5.58. The number of carbonyl (C=O) groups is 4. The second-order valence-electron chi connectivity index (χ2n) is 5.89. The summed E-state index contributed by atoms with van der Waals surface area (Å²) >= 11 is 7.41. The molecule has 156 valence electrons. The third-order valence-electron chi connectivity index (χ3n) is 3.75. The Balaban J connectivity index is 1.38. The van der Waals surface area contributed by atoms with Crippen LogP contribution in [0, 0.1) is 0 Å². The summed E-state index contributed by atoms with van der Waals surface area (Å²) in [5.41, 5.74) is 0. The van der Waals surface area contributed by atoms with Gasteiger partial charge in [-0.1, -0.05) is 29.8 Å². The van der Waals surface area contributed by atoms with Gasteiger partial charge in [-0.05, 0) is 18.2 Å². The molecule has 0 radical (unpaired) electrons. The van der Waals surface area contributed by atoms with E-state index in [2.05, 4.69) is 10.6 Å². The highest BCUT2D eigenvalue weighted by atomic mass is 35.5. The Bertz CT molecular complexity index is 1080. The number of hydrogen-bond donors (Lipinski definition) is 3. The summed E-state index contributed by atoms with van der Waals surface area (Å²) in [4.78, 5) is 47.5. The number of imide groups is 1. The fourth-order valence-corrected chi connectivity index (χ4v) is 3.81. The maximum atomic E-state index is 12.3. The summed E-state index contributed by atoms with van der Waals surface area (Å²) in [5.74, 6) is -1.68.